The molecule has 4 rings (SSSR count). The molecular weight excluding hydrogens is 521 g/mol. The zero-order valence-corrected chi connectivity index (χ0v) is 24.6. The lowest BCUT2D eigenvalue weighted by molar-refractivity contribution is -0.0337. The van der Waals surface area contributed by atoms with E-state index < -0.39 is 5.82 Å². The van der Waals surface area contributed by atoms with Gasteiger partial charge in [-0.1, -0.05) is 13.8 Å². The third-order valence-corrected chi connectivity index (χ3v) is 7.93. The van der Waals surface area contributed by atoms with Crippen LogP contribution in [0.3, 0.4) is 0 Å². The van der Waals surface area contributed by atoms with Crippen LogP contribution in [-0.4, -0.2) is 82.2 Å². The molecule has 9 nitrogen and oxygen atoms in total. The van der Waals surface area contributed by atoms with E-state index in [1.54, 1.807) is 4.90 Å². The van der Waals surface area contributed by atoms with Gasteiger partial charge in [-0.3, -0.25) is 9.69 Å². The molecule has 0 aliphatic carbocycles. The molecule has 2 fully saturated rings. The highest BCUT2D eigenvalue weighted by molar-refractivity contribution is 5.97. The smallest absolute Gasteiger partial charge is 0.282 e. The molecule has 11 heteroatoms. The molecule has 1 atom stereocenters. The topological polar surface area (TPSA) is 101 Å². The maximum absolute atomic E-state index is 14.2. The number of nitrogens with two attached hydrogens (primary N) is 1. The number of hydrogen-bond acceptors (Lipinski definition) is 8. The van der Waals surface area contributed by atoms with Crippen LogP contribution in [0, 0.1) is 17.2 Å². The number of aromatic nitrogens is 3. The molecule has 216 valence electrons. The Kier molecular flexibility index (Phi) is 10.5. The van der Waals surface area contributed by atoms with Gasteiger partial charge in [0.1, 0.15) is 17.9 Å². The lowest BCUT2D eigenvalue weighted by atomic mass is 9.76. The van der Waals surface area contributed by atoms with Gasteiger partial charge in [-0.15, -0.1) is 22.6 Å². The van der Waals surface area contributed by atoms with Gasteiger partial charge in [-0.05, 0) is 70.7 Å². The van der Waals surface area contributed by atoms with E-state index in [9.17, 15) is 9.18 Å². The fourth-order valence-corrected chi connectivity index (χ4v) is 5.99. The molecule has 0 radical (unpaired) electrons. The first-order valence-corrected chi connectivity index (χ1v) is 13.8. The van der Waals surface area contributed by atoms with E-state index in [0.717, 1.165) is 52.0 Å². The number of amides is 1. The van der Waals surface area contributed by atoms with Crippen molar-refractivity contribution in [3.05, 3.63) is 35.9 Å². The molecule has 2 saturated heterocycles. The van der Waals surface area contributed by atoms with Crippen LogP contribution >= 0.6 is 12.4 Å². The minimum absolute atomic E-state index is 0. The number of halogens is 2. The van der Waals surface area contributed by atoms with Crippen molar-refractivity contribution in [2.24, 2.45) is 17.1 Å². The minimum atomic E-state index is -0.500. The fraction of sp³-hybridized carbons (Fsp3) is 0.643. The molecule has 1 amide bonds. The van der Waals surface area contributed by atoms with E-state index in [1.807, 2.05) is 20.8 Å². The van der Waals surface area contributed by atoms with E-state index >= 15 is 0 Å². The van der Waals surface area contributed by atoms with E-state index in [-0.39, 0.29) is 47.0 Å². The summed E-state index contributed by atoms with van der Waals surface area (Å²) in [5.74, 6) is 0.853. The van der Waals surface area contributed by atoms with Gasteiger partial charge >= 0.3 is 0 Å². The molecule has 2 aliphatic heterocycles. The van der Waals surface area contributed by atoms with Gasteiger partial charge < -0.3 is 20.3 Å². The number of likely N-dealkylation sites (tertiary alicyclic amines) is 1. The Balaban J connectivity index is 0.00000420. The van der Waals surface area contributed by atoms with Crippen LogP contribution in [0.15, 0.2) is 24.5 Å². The van der Waals surface area contributed by atoms with Crippen molar-refractivity contribution in [2.45, 2.75) is 66.0 Å². The van der Waals surface area contributed by atoms with Crippen LogP contribution in [0.1, 0.15) is 64.2 Å². The first-order chi connectivity index (χ1) is 18.2. The van der Waals surface area contributed by atoms with Crippen molar-refractivity contribution in [3.63, 3.8) is 0 Å². The Morgan fingerprint density at radius 1 is 1.23 bits per heavy atom. The van der Waals surface area contributed by atoms with Gasteiger partial charge in [0.05, 0.1) is 5.56 Å². The normalized spacial score (nSPS) is 17.3. The van der Waals surface area contributed by atoms with Gasteiger partial charge in [-0.2, -0.15) is 0 Å². The average Bonchev–Trinajstić information content (AvgIpc) is 3.31. The van der Waals surface area contributed by atoms with Crippen molar-refractivity contribution in [1.82, 2.24) is 25.0 Å². The summed E-state index contributed by atoms with van der Waals surface area (Å²) in [6.45, 7) is 15.4. The minimum Gasteiger partial charge on any atom is -0.434 e. The zero-order chi connectivity index (χ0) is 27.4. The Morgan fingerprint density at radius 2 is 1.97 bits per heavy atom. The lowest BCUT2D eigenvalue weighted by Gasteiger charge is -2.53. The predicted molar refractivity (Wildman–Crippen MR) is 153 cm³/mol. The number of ether oxygens (including phenoxy) is 1. The molecular formula is C28H43ClFN7O2. The number of hydrogen-bond donors (Lipinski definition) is 1. The zero-order valence-electron chi connectivity index (χ0n) is 23.8. The summed E-state index contributed by atoms with van der Waals surface area (Å²) in [6.07, 6.45) is 4.66. The Hall–Kier alpha value is -2.56. The van der Waals surface area contributed by atoms with Gasteiger partial charge in [0.15, 0.2) is 5.82 Å². The molecule has 39 heavy (non-hydrogen) atoms. The first-order valence-electron chi connectivity index (χ1n) is 13.8. The lowest BCUT2D eigenvalue weighted by Crippen LogP contribution is -2.62. The molecule has 1 aromatic carbocycles. The second-order valence-corrected chi connectivity index (χ2v) is 11.3. The second kappa shape index (κ2) is 13.2. The van der Waals surface area contributed by atoms with E-state index in [0.29, 0.717) is 24.3 Å². The second-order valence-electron chi connectivity index (χ2n) is 11.3. The first kappa shape index (κ1) is 31.0. The van der Waals surface area contributed by atoms with E-state index in [4.69, 9.17) is 10.5 Å². The maximum atomic E-state index is 14.2. The number of nitrogens with zero attached hydrogens (tertiary/aromatic N) is 6. The Bertz CT molecular complexity index is 1110. The third-order valence-electron chi connectivity index (χ3n) is 7.93. The van der Waals surface area contributed by atoms with Crippen molar-refractivity contribution in [3.8, 4) is 11.6 Å². The summed E-state index contributed by atoms with van der Waals surface area (Å²) in [5.41, 5.74) is 6.15. The van der Waals surface area contributed by atoms with Crippen LogP contribution in [0.2, 0.25) is 0 Å². The van der Waals surface area contributed by atoms with Crippen molar-refractivity contribution in [1.29, 1.82) is 0 Å². The molecule has 1 spiro atoms. The monoisotopic (exact) mass is 563 g/mol. The largest absolute Gasteiger partial charge is 0.434 e. The summed E-state index contributed by atoms with van der Waals surface area (Å²) in [4.78, 5) is 24.2. The van der Waals surface area contributed by atoms with Crippen LogP contribution in [-0.2, 0) is 0 Å². The highest BCUT2D eigenvalue weighted by Gasteiger charge is 2.50. The fourth-order valence-electron chi connectivity index (χ4n) is 5.99. The summed E-state index contributed by atoms with van der Waals surface area (Å²) >= 11 is 0. The number of benzene rings is 1. The molecule has 2 N–H and O–H groups in total. The Labute approximate surface area is 237 Å². The van der Waals surface area contributed by atoms with Gasteiger partial charge in [0.2, 0.25) is 0 Å². The average molecular weight is 564 g/mol. The van der Waals surface area contributed by atoms with Crippen LogP contribution in [0.25, 0.3) is 0 Å². The standard InChI is InChI=1S/C28H42FN7O2.ClH/c1-6-36(20(4)5)27(37)22-14-21(29)9-10-24(22)38-26-25(31-18-32-33-26)34-13-11-28(15-34)16-35(17-28)23(19(2)3)8-7-12-30;/h9-10,14,18-20,23H,6-8,11-13,15-17,30H2,1-5H3;1H/t23-;/m0./s1. The van der Waals surface area contributed by atoms with Crippen molar-refractivity contribution in [2.75, 3.05) is 44.2 Å². The number of carbonyl (C=O) groups excluding carboxylic acids is 1. The molecule has 2 aliphatic rings. The summed E-state index contributed by atoms with van der Waals surface area (Å²) in [6, 6.07) is 4.49. The molecule has 3 heterocycles. The summed E-state index contributed by atoms with van der Waals surface area (Å²) in [5, 5.41) is 8.15. The maximum Gasteiger partial charge on any atom is 0.282 e. The highest BCUT2D eigenvalue weighted by Crippen LogP contribution is 2.44. The molecule has 2 aromatic rings. The molecule has 0 bridgehead atoms. The SMILES string of the molecule is CCN(C(=O)c1cc(F)ccc1Oc1nncnc1N1CCC2(C1)CN([C@@H](CCCN)C(C)C)C2)C(C)C.Cl. The van der Waals surface area contributed by atoms with Gasteiger partial charge in [-0.25, -0.2) is 9.37 Å². The van der Waals surface area contributed by atoms with Crippen LogP contribution in [0.5, 0.6) is 11.6 Å². The third kappa shape index (κ3) is 6.78. The van der Waals surface area contributed by atoms with Gasteiger partial charge in [0, 0.05) is 50.2 Å². The number of rotatable bonds is 11. The quantitative estimate of drug-likeness (QED) is 0.430. The van der Waals surface area contributed by atoms with Crippen LogP contribution in [0.4, 0.5) is 10.2 Å². The predicted octanol–water partition coefficient (Wildman–Crippen LogP) is 4.37. The molecule has 1 aromatic heterocycles. The number of anilines is 1. The van der Waals surface area contributed by atoms with Gasteiger partial charge in [0.25, 0.3) is 11.8 Å². The Morgan fingerprint density at radius 3 is 2.62 bits per heavy atom. The van der Waals surface area contributed by atoms with E-state index in [2.05, 4.69) is 38.8 Å². The number of carbonyl (C=O) groups is 1. The van der Waals surface area contributed by atoms with Crippen molar-refractivity contribution >= 4 is 24.1 Å². The summed E-state index contributed by atoms with van der Waals surface area (Å²) in [7, 11) is 0. The van der Waals surface area contributed by atoms with Crippen LogP contribution < -0.4 is 15.4 Å². The van der Waals surface area contributed by atoms with Crippen molar-refractivity contribution < 1.29 is 13.9 Å². The highest BCUT2D eigenvalue weighted by atomic mass is 35.5. The molecule has 0 saturated carbocycles. The molecule has 0 unspecified atom stereocenters. The summed E-state index contributed by atoms with van der Waals surface area (Å²) < 4.78 is 20.3. The van der Waals surface area contributed by atoms with E-state index in [1.165, 1.54) is 24.5 Å².